The average molecular weight is 266 g/mol. The first-order valence-corrected chi connectivity index (χ1v) is 6.83. The predicted molar refractivity (Wildman–Crippen MR) is 77.3 cm³/mol. The molecule has 0 atom stereocenters. The molecule has 0 aliphatic carbocycles. The lowest BCUT2D eigenvalue weighted by Crippen LogP contribution is -2.57. The van der Waals surface area contributed by atoms with E-state index >= 15 is 0 Å². The normalized spacial score (nSPS) is 21.7. The van der Waals surface area contributed by atoms with E-state index in [4.69, 9.17) is 10.5 Å². The Bertz CT molecular complexity index is 460. The van der Waals surface area contributed by atoms with Gasteiger partial charge in [-0.15, -0.1) is 0 Å². The number of rotatable bonds is 2. The fourth-order valence-corrected chi connectivity index (χ4v) is 3.26. The molecule has 2 rings (SSSR count). The van der Waals surface area contributed by atoms with Gasteiger partial charge in [0.15, 0.2) is 0 Å². The number of nitrogens with two attached hydrogens (primary N) is 1. The Labute approximate surface area is 115 Å². The molecule has 1 aromatic heterocycles. The van der Waals surface area contributed by atoms with Gasteiger partial charge >= 0.3 is 0 Å². The highest BCUT2D eigenvalue weighted by molar-refractivity contribution is 5.51. The molecule has 0 amide bonds. The number of hydrogen-bond donors (Lipinski definition) is 1. The third-order valence-electron chi connectivity index (χ3n) is 3.51. The Morgan fingerprint density at radius 3 is 2.21 bits per heavy atom. The average Bonchev–Trinajstić information content (AvgIpc) is 2.47. The van der Waals surface area contributed by atoms with Crippen molar-refractivity contribution < 1.29 is 4.74 Å². The van der Waals surface area contributed by atoms with Gasteiger partial charge in [0.25, 0.3) is 0 Å². The maximum Gasteiger partial charge on any atom is 0.131 e. The van der Waals surface area contributed by atoms with E-state index in [-0.39, 0.29) is 11.2 Å². The molecule has 0 spiro atoms. The molecular formula is C14H26N4O. The lowest BCUT2D eigenvalue weighted by Gasteiger charge is -2.48. The van der Waals surface area contributed by atoms with Gasteiger partial charge in [-0.05, 0) is 34.6 Å². The second kappa shape index (κ2) is 4.49. The second-order valence-corrected chi connectivity index (χ2v) is 6.69. The Hall–Kier alpha value is -1.07. The molecule has 2 N–H and O–H groups in total. The van der Waals surface area contributed by atoms with E-state index < -0.39 is 0 Å². The van der Waals surface area contributed by atoms with Crippen molar-refractivity contribution in [3.63, 3.8) is 0 Å². The topological polar surface area (TPSA) is 56.3 Å². The van der Waals surface area contributed by atoms with Crippen molar-refractivity contribution in [2.24, 2.45) is 12.8 Å². The number of aryl methyl sites for hydroxylation is 2. The van der Waals surface area contributed by atoms with Gasteiger partial charge in [0.05, 0.1) is 16.9 Å². The van der Waals surface area contributed by atoms with Crippen molar-refractivity contribution in [1.29, 1.82) is 0 Å². The Morgan fingerprint density at radius 2 is 1.74 bits per heavy atom. The van der Waals surface area contributed by atoms with E-state index in [0.29, 0.717) is 6.54 Å². The summed E-state index contributed by atoms with van der Waals surface area (Å²) in [4.78, 5) is 2.35. The molecule has 1 saturated heterocycles. The summed E-state index contributed by atoms with van der Waals surface area (Å²) in [5.41, 5.74) is 7.70. The molecule has 1 aliphatic rings. The zero-order valence-electron chi connectivity index (χ0n) is 12.9. The number of ether oxygens (including phenoxy) is 1. The van der Waals surface area contributed by atoms with Crippen molar-refractivity contribution in [3.8, 4) is 0 Å². The molecule has 1 aliphatic heterocycles. The van der Waals surface area contributed by atoms with Gasteiger partial charge in [-0.3, -0.25) is 4.68 Å². The third kappa shape index (κ3) is 2.77. The van der Waals surface area contributed by atoms with Crippen LogP contribution in [-0.4, -0.2) is 34.1 Å². The van der Waals surface area contributed by atoms with Crippen molar-refractivity contribution in [3.05, 3.63) is 11.3 Å². The number of anilines is 1. The summed E-state index contributed by atoms with van der Waals surface area (Å²) >= 11 is 0. The molecule has 0 saturated carbocycles. The van der Waals surface area contributed by atoms with Gasteiger partial charge in [-0.25, -0.2) is 0 Å². The first-order valence-electron chi connectivity index (χ1n) is 6.83. The summed E-state index contributed by atoms with van der Waals surface area (Å²) in [7, 11) is 1.98. The van der Waals surface area contributed by atoms with Gasteiger partial charge in [-0.1, -0.05) is 0 Å². The largest absolute Gasteiger partial charge is 0.366 e. The fraction of sp³-hybridized carbons (Fsp3) is 0.786. The highest BCUT2D eigenvalue weighted by Gasteiger charge is 2.39. The van der Waals surface area contributed by atoms with Crippen LogP contribution < -0.4 is 10.6 Å². The van der Waals surface area contributed by atoms with Gasteiger partial charge in [0.2, 0.25) is 0 Å². The van der Waals surface area contributed by atoms with Crippen molar-refractivity contribution in [2.45, 2.75) is 52.4 Å². The maximum absolute atomic E-state index is 6.13. The summed E-state index contributed by atoms with van der Waals surface area (Å²) in [6.07, 6.45) is 0. The smallest absolute Gasteiger partial charge is 0.131 e. The minimum absolute atomic E-state index is 0.175. The summed E-state index contributed by atoms with van der Waals surface area (Å²) < 4.78 is 8.07. The monoisotopic (exact) mass is 266 g/mol. The standard InChI is InChI=1S/C14H26N4O/c1-10-11(7-15)12(17(6)16-10)18-8-13(2,3)19-14(4,5)9-18/h7-9,15H2,1-6H3. The summed E-state index contributed by atoms with van der Waals surface area (Å²) in [5.74, 6) is 1.13. The third-order valence-corrected chi connectivity index (χ3v) is 3.51. The molecule has 0 aromatic carbocycles. The van der Waals surface area contributed by atoms with E-state index in [1.165, 1.54) is 0 Å². The van der Waals surface area contributed by atoms with Crippen LogP contribution in [-0.2, 0) is 18.3 Å². The molecule has 1 fully saturated rings. The minimum Gasteiger partial charge on any atom is -0.366 e. The molecule has 0 radical (unpaired) electrons. The van der Waals surface area contributed by atoms with Crippen LogP contribution in [0.5, 0.6) is 0 Å². The first kappa shape index (κ1) is 14.3. The van der Waals surface area contributed by atoms with E-state index in [9.17, 15) is 0 Å². The van der Waals surface area contributed by atoms with E-state index in [0.717, 1.165) is 30.2 Å². The molecule has 5 nitrogen and oxygen atoms in total. The Morgan fingerprint density at radius 1 is 1.21 bits per heavy atom. The van der Waals surface area contributed by atoms with Crippen LogP contribution in [0.4, 0.5) is 5.82 Å². The molecule has 0 unspecified atom stereocenters. The molecular weight excluding hydrogens is 240 g/mol. The molecule has 108 valence electrons. The SMILES string of the molecule is Cc1nn(C)c(N2CC(C)(C)OC(C)(C)C2)c1CN. The number of aromatic nitrogens is 2. The molecule has 19 heavy (non-hydrogen) atoms. The van der Waals surface area contributed by atoms with E-state index in [2.05, 4.69) is 37.7 Å². The van der Waals surface area contributed by atoms with Gasteiger partial charge in [-0.2, -0.15) is 5.10 Å². The van der Waals surface area contributed by atoms with Crippen LogP contribution >= 0.6 is 0 Å². The van der Waals surface area contributed by atoms with Crippen LogP contribution in [0.15, 0.2) is 0 Å². The zero-order valence-corrected chi connectivity index (χ0v) is 12.9. The van der Waals surface area contributed by atoms with E-state index in [1.807, 2.05) is 18.7 Å². The predicted octanol–water partition coefficient (Wildman–Crippen LogP) is 1.58. The van der Waals surface area contributed by atoms with Crippen LogP contribution in [0.25, 0.3) is 0 Å². The first-order chi connectivity index (χ1) is 8.65. The lowest BCUT2D eigenvalue weighted by molar-refractivity contribution is -0.133. The van der Waals surface area contributed by atoms with Crippen LogP contribution in [0.1, 0.15) is 39.0 Å². The van der Waals surface area contributed by atoms with Gasteiger partial charge in [0, 0.05) is 32.2 Å². The van der Waals surface area contributed by atoms with Crippen LogP contribution in [0.3, 0.4) is 0 Å². The fourth-order valence-electron chi connectivity index (χ4n) is 3.26. The Kier molecular flexibility index (Phi) is 3.39. The number of hydrogen-bond acceptors (Lipinski definition) is 4. The quantitative estimate of drug-likeness (QED) is 0.883. The van der Waals surface area contributed by atoms with E-state index in [1.54, 1.807) is 0 Å². The van der Waals surface area contributed by atoms with Gasteiger partial charge in [0.1, 0.15) is 5.82 Å². The maximum atomic E-state index is 6.13. The van der Waals surface area contributed by atoms with Crippen LogP contribution in [0, 0.1) is 6.92 Å². The summed E-state index contributed by atoms with van der Waals surface area (Å²) in [6, 6.07) is 0. The second-order valence-electron chi connectivity index (χ2n) is 6.69. The van der Waals surface area contributed by atoms with Crippen molar-refractivity contribution >= 4 is 5.82 Å². The van der Waals surface area contributed by atoms with Gasteiger partial charge < -0.3 is 15.4 Å². The van der Waals surface area contributed by atoms with Crippen molar-refractivity contribution in [1.82, 2.24) is 9.78 Å². The summed E-state index contributed by atoms with van der Waals surface area (Å²) in [6.45, 7) is 12.8. The van der Waals surface area contributed by atoms with Crippen molar-refractivity contribution in [2.75, 3.05) is 18.0 Å². The molecule has 2 heterocycles. The summed E-state index contributed by atoms with van der Waals surface area (Å²) in [5, 5.41) is 4.51. The zero-order chi connectivity index (χ0) is 14.4. The minimum atomic E-state index is -0.175. The highest BCUT2D eigenvalue weighted by Crippen LogP contribution is 2.33. The highest BCUT2D eigenvalue weighted by atomic mass is 16.5. The number of nitrogens with zero attached hydrogens (tertiary/aromatic N) is 3. The molecule has 0 bridgehead atoms. The van der Waals surface area contributed by atoms with Crippen LogP contribution in [0.2, 0.25) is 0 Å². The number of morpholine rings is 1. The molecule has 1 aromatic rings. The molecule has 5 heteroatoms. The Balaban J connectivity index is 2.41. The lowest BCUT2D eigenvalue weighted by atomic mass is 9.98.